The van der Waals surface area contributed by atoms with Crippen LogP contribution >= 0.6 is 0 Å². The van der Waals surface area contributed by atoms with Crippen molar-refractivity contribution in [1.82, 2.24) is 19.4 Å². The molecule has 1 N–H and O–H groups in total. The van der Waals surface area contributed by atoms with Gasteiger partial charge in [0, 0.05) is 17.8 Å². The van der Waals surface area contributed by atoms with Gasteiger partial charge < -0.3 is 10.1 Å². The molecule has 0 saturated heterocycles. The number of halogens is 3. The standard InChI is InChI=1S/C24H22F3N5O/c1-14-17(4-3-5-19(14)24(25,26)27)15(2)30-22-18-12-20(16-6-10-33-11-7-16)29-13-21(18)32-9-8-28-23(32)31-22/h3-6,8-9,12-13,15H,7,10-11H2,1-2H3,(H,28,30,31)/t15-/m1/s1. The van der Waals surface area contributed by atoms with E-state index in [9.17, 15) is 13.2 Å². The number of imidazole rings is 1. The lowest BCUT2D eigenvalue weighted by Crippen LogP contribution is -2.14. The van der Waals surface area contributed by atoms with E-state index >= 15 is 0 Å². The lowest BCUT2D eigenvalue weighted by atomic mass is 9.97. The Kier molecular flexibility index (Phi) is 5.28. The van der Waals surface area contributed by atoms with Crippen molar-refractivity contribution >= 4 is 28.1 Å². The molecule has 33 heavy (non-hydrogen) atoms. The van der Waals surface area contributed by atoms with Gasteiger partial charge >= 0.3 is 6.18 Å². The number of fused-ring (bicyclic) bond motifs is 3. The Morgan fingerprint density at radius 1 is 1.21 bits per heavy atom. The van der Waals surface area contributed by atoms with Gasteiger partial charge in [-0.1, -0.05) is 18.2 Å². The predicted octanol–water partition coefficient (Wildman–Crippen LogP) is 5.58. The minimum atomic E-state index is -4.41. The third-order valence-corrected chi connectivity index (χ3v) is 6.02. The summed E-state index contributed by atoms with van der Waals surface area (Å²) < 4.78 is 47.5. The third kappa shape index (κ3) is 3.93. The van der Waals surface area contributed by atoms with Gasteiger partial charge in [-0.3, -0.25) is 9.38 Å². The van der Waals surface area contributed by atoms with E-state index in [1.165, 1.54) is 13.0 Å². The van der Waals surface area contributed by atoms with E-state index in [0.717, 1.165) is 34.7 Å². The van der Waals surface area contributed by atoms with Crippen molar-refractivity contribution in [3.63, 3.8) is 0 Å². The second-order valence-electron chi connectivity index (χ2n) is 8.08. The molecule has 4 heterocycles. The molecule has 0 bridgehead atoms. The average Bonchev–Trinajstić information content (AvgIpc) is 3.27. The fourth-order valence-electron chi connectivity index (χ4n) is 4.31. The zero-order chi connectivity index (χ0) is 23.2. The topological polar surface area (TPSA) is 64.3 Å². The summed E-state index contributed by atoms with van der Waals surface area (Å²) in [6.07, 6.45) is 3.62. The molecule has 5 rings (SSSR count). The Labute approximate surface area is 188 Å². The Morgan fingerprint density at radius 2 is 2.06 bits per heavy atom. The normalized spacial score (nSPS) is 15.6. The molecule has 0 spiro atoms. The molecule has 0 aliphatic carbocycles. The molecule has 0 fully saturated rings. The zero-order valence-corrected chi connectivity index (χ0v) is 18.1. The quantitative estimate of drug-likeness (QED) is 0.437. The highest BCUT2D eigenvalue weighted by atomic mass is 19.4. The number of nitrogens with zero attached hydrogens (tertiary/aromatic N) is 4. The molecule has 0 unspecified atom stereocenters. The summed E-state index contributed by atoms with van der Waals surface area (Å²) in [4.78, 5) is 13.6. The van der Waals surface area contributed by atoms with E-state index in [4.69, 9.17) is 4.74 Å². The van der Waals surface area contributed by atoms with Crippen molar-refractivity contribution in [3.05, 3.63) is 71.3 Å². The van der Waals surface area contributed by atoms with Crippen LogP contribution in [-0.4, -0.2) is 32.6 Å². The van der Waals surface area contributed by atoms with Gasteiger partial charge in [0.05, 0.1) is 42.2 Å². The molecule has 3 aromatic heterocycles. The SMILES string of the molecule is Cc1c([C@@H](C)Nc2nc3nccn3c3cnc(C4=CCOCC4)cc23)cccc1C(F)(F)F. The van der Waals surface area contributed by atoms with Crippen LogP contribution in [-0.2, 0) is 10.9 Å². The van der Waals surface area contributed by atoms with Crippen LogP contribution in [0.25, 0.3) is 22.3 Å². The minimum Gasteiger partial charge on any atom is -0.377 e. The van der Waals surface area contributed by atoms with Gasteiger partial charge in [0.1, 0.15) is 5.82 Å². The van der Waals surface area contributed by atoms with Crippen molar-refractivity contribution in [2.24, 2.45) is 0 Å². The van der Waals surface area contributed by atoms with E-state index in [1.54, 1.807) is 18.5 Å². The van der Waals surface area contributed by atoms with Crippen LogP contribution in [0.1, 0.15) is 41.8 Å². The second kappa shape index (κ2) is 8.15. The maximum absolute atomic E-state index is 13.4. The smallest absolute Gasteiger partial charge is 0.377 e. The molecule has 1 atom stereocenters. The van der Waals surface area contributed by atoms with Crippen molar-refractivity contribution in [2.45, 2.75) is 32.5 Å². The molecule has 0 amide bonds. The molecule has 1 aliphatic heterocycles. The Hall–Kier alpha value is -3.46. The molecular formula is C24H22F3N5O. The highest BCUT2D eigenvalue weighted by Crippen LogP contribution is 2.36. The van der Waals surface area contributed by atoms with E-state index in [0.29, 0.717) is 30.4 Å². The van der Waals surface area contributed by atoms with Crippen molar-refractivity contribution in [3.8, 4) is 0 Å². The number of aromatic nitrogens is 4. The zero-order valence-electron chi connectivity index (χ0n) is 18.1. The van der Waals surface area contributed by atoms with Gasteiger partial charge in [0.2, 0.25) is 5.78 Å². The van der Waals surface area contributed by atoms with Crippen molar-refractivity contribution < 1.29 is 17.9 Å². The van der Waals surface area contributed by atoms with Crippen LogP contribution in [0.3, 0.4) is 0 Å². The lowest BCUT2D eigenvalue weighted by molar-refractivity contribution is -0.138. The molecule has 0 radical (unpaired) electrons. The highest BCUT2D eigenvalue weighted by molar-refractivity contribution is 5.92. The fourth-order valence-corrected chi connectivity index (χ4v) is 4.31. The number of anilines is 1. The predicted molar refractivity (Wildman–Crippen MR) is 120 cm³/mol. The summed E-state index contributed by atoms with van der Waals surface area (Å²) in [5.41, 5.74) is 2.87. The van der Waals surface area contributed by atoms with Crippen LogP contribution in [0.2, 0.25) is 0 Å². The van der Waals surface area contributed by atoms with Crippen LogP contribution in [0.15, 0.2) is 48.9 Å². The largest absolute Gasteiger partial charge is 0.416 e. The van der Waals surface area contributed by atoms with Crippen molar-refractivity contribution in [1.29, 1.82) is 0 Å². The number of hydrogen-bond donors (Lipinski definition) is 1. The molecule has 170 valence electrons. The number of rotatable bonds is 4. The summed E-state index contributed by atoms with van der Waals surface area (Å²) >= 11 is 0. The van der Waals surface area contributed by atoms with Gasteiger partial charge in [0.25, 0.3) is 0 Å². The maximum Gasteiger partial charge on any atom is 0.416 e. The first kappa shape index (κ1) is 21.4. The molecule has 4 aromatic rings. The number of nitrogens with one attached hydrogen (secondary N) is 1. The van der Waals surface area contributed by atoms with Crippen LogP contribution < -0.4 is 5.32 Å². The number of alkyl halides is 3. The first-order valence-electron chi connectivity index (χ1n) is 10.7. The van der Waals surface area contributed by atoms with Gasteiger partial charge in [-0.25, -0.2) is 4.98 Å². The minimum absolute atomic E-state index is 0.200. The maximum atomic E-state index is 13.4. The van der Waals surface area contributed by atoms with E-state index in [2.05, 4.69) is 20.3 Å². The summed E-state index contributed by atoms with van der Waals surface area (Å²) in [7, 11) is 0. The molecule has 0 saturated carbocycles. The van der Waals surface area contributed by atoms with Crippen LogP contribution in [0, 0.1) is 6.92 Å². The van der Waals surface area contributed by atoms with E-state index in [1.807, 2.05) is 29.7 Å². The summed E-state index contributed by atoms with van der Waals surface area (Å²) in [6, 6.07) is 5.80. The summed E-state index contributed by atoms with van der Waals surface area (Å²) in [5.74, 6) is 1.03. The molecule has 9 heteroatoms. The van der Waals surface area contributed by atoms with Gasteiger partial charge in [-0.05, 0) is 49.1 Å². The Bertz CT molecular complexity index is 1380. The first-order chi connectivity index (χ1) is 15.8. The average molecular weight is 453 g/mol. The lowest BCUT2D eigenvalue weighted by Gasteiger charge is -2.21. The number of benzene rings is 1. The number of ether oxygens (including phenoxy) is 1. The molecule has 1 aliphatic rings. The van der Waals surface area contributed by atoms with Gasteiger partial charge in [-0.2, -0.15) is 18.2 Å². The number of hydrogen-bond acceptors (Lipinski definition) is 5. The summed E-state index contributed by atoms with van der Waals surface area (Å²) in [6.45, 7) is 4.51. The van der Waals surface area contributed by atoms with E-state index < -0.39 is 17.8 Å². The summed E-state index contributed by atoms with van der Waals surface area (Å²) in [5, 5.41) is 4.14. The third-order valence-electron chi connectivity index (χ3n) is 6.02. The van der Waals surface area contributed by atoms with Crippen molar-refractivity contribution in [2.75, 3.05) is 18.5 Å². The van der Waals surface area contributed by atoms with Crippen LogP contribution in [0.4, 0.5) is 19.0 Å². The molecule has 1 aromatic carbocycles. The number of pyridine rings is 1. The van der Waals surface area contributed by atoms with Gasteiger partial charge in [0.15, 0.2) is 0 Å². The fraction of sp³-hybridized carbons (Fsp3) is 0.292. The molecule has 6 nitrogen and oxygen atoms in total. The Morgan fingerprint density at radius 3 is 2.82 bits per heavy atom. The van der Waals surface area contributed by atoms with Crippen LogP contribution in [0.5, 0.6) is 0 Å². The van der Waals surface area contributed by atoms with Gasteiger partial charge in [-0.15, -0.1) is 0 Å². The monoisotopic (exact) mass is 453 g/mol. The Balaban J connectivity index is 1.60. The van der Waals surface area contributed by atoms with E-state index in [-0.39, 0.29) is 5.56 Å². The highest BCUT2D eigenvalue weighted by Gasteiger charge is 2.33. The first-order valence-corrected chi connectivity index (χ1v) is 10.7. The molecular weight excluding hydrogens is 431 g/mol. The second-order valence-corrected chi connectivity index (χ2v) is 8.08.